The Kier molecular flexibility index (Phi) is 7.20. The van der Waals surface area contributed by atoms with Crippen molar-refractivity contribution in [1.29, 1.82) is 0 Å². The molecule has 0 spiro atoms. The molecule has 21 heavy (non-hydrogen) atoms. The number of aliphatic hydroxyl groups is 2. The molecule has 120 valence electrons. The summed E-state index contributed by atoms with van der Waals surface area (Å²) in [5, 5.41) is 20.0. The molecule has 2 N–H and O–H groups in total. The van der Waals surface area contributed by atoms with Crippen LogP contribution in [0.15, 0.2) is 12.1 Å². The van der Waals surface area contributed by atoms with Crippen molar-refractivity contribution in [2.45, 2.75) is 72.0 Å². The van der Waals surface area contributed by atoms with Crippen LogP contribution in [0.1, 0.15) is 62.6 Å². The average molecular weight is 294 g/mol. The number of hydrogen-bond donors (Lipinski definition) is 2. The van der Waals surface area contributed by atoms with E-state index in [0.717, 1.165) is 12.2 Å². The third-order valence-electron chi connectivity index (χ3n) is 3.99. The Morgan fingerprint density at radius 1 is 1.05 bits per heavy atom. The summed E-state index contributed by atoms with van der Waals surface area (Å²) in [7, 11) is 0. The first-order valence-electron chi connectivity index (χ1n) is 8.00. The van der Waals surface area contributed by atoms with Gasteiger partial charge in [-0.25, -0.2) is 0 Å². The first-order chi connectivity index (χ1) is 9.90. The van der Waals surface area contributed by atoms with Crippen molar-refractivity contribution in [3.05, 3.63) is 28.8 Å². The summed E-state index contributed by atoms with van der Waals surface area (Å²) in [4.78, 5) is 0. The average Bonchev–Trinajstić information content (AvgIpc) is 2.38. The molecule has 3 unspecified atom stereocenters. The zero-order valence-electron chi connectivity index (χ0n) is 14.0. The molecule has 0 aliphatic rings. The van der Waals surface area contributed by atoms with Crippen LogP contribution in [-0.4, -0.2) is 29.0 Å². The van der Waals surface area contributed by atoms with Crippen molar-refractivity contribution in [3.63, 3.8) is 0 Å². The summed E-state index contributed by atoms with van der Waals surface area (Å²) < 4.78 is 5.56. The minimum atomic E-state index is -0.662. The van der Waals surface area contributed by atoms with Crippen LogP contribution in [0.5, 0.6) is 5.75 Å². The highest BCUT2D eigenvalue weighted by atomic mass is 16.5. The molecule has 3 atom stereocenters. The van der Waals surface area contributed by atoms with Gasteiger partial charge in [0.2, 0.25) is 0 Å². The van der Waals surface area contributed by atoms with Crippen LogP contribution >= 0.6 is 0 Å². The van der Waals surface area contributed by atoms with Gasteiger partial charge in [-0.05, 0) is 68.4 Å². The standard InChI is InChI=1S/C18H30O3/c1-6-8-16(19)17(20)11-14(5)18-12(3)9-15(21-7-2)10-13(18)4/h9-10,14,16-17,19-20H,6-8,11H2,1-5H3. The van der Waals surface area contributed by atoms with Crippen molar-refractivity contribution >= 4 is 0 Å². The normalized spacial score (nSPS) is 15.6. The lowest BCUT2D eigenvalue weighted by atomic mass is 9.86. The summed E-state index contributed by atoms with van der Waals surface area (Å²) in [6, 6.07) is 4.11. The number of aryl methyl sites for hydroxylation is 2. The monoisotopic (exact) mass is 294 g/mol. The molecule has 0 aliphatic heterocycles. The van der Waals surface area contributed by atoms with E-state index in [1.165, 1.54) is 16.7 Å². The van der Waals surface area contributed by atoms with Gasteiger partial charge < -0.3 is 14.9 Å². The molecule has 0 radical (unpaired) electrons. The second-order valence-corrected chi connectivity index (χ2v) is 5.96. The zero-order valence-corrected chi connectivity index (χ0v) is 14.0. The van der Waals surface area contributed by atoms with E-state index >= 15 is 0 Å². The van der Waals surface area contributed by atoms with Gasteiger partial charge >= 0.3 is 0 Å². The molecule has 3 heteroatoms. The molecule has 0 heterocycles. The van der Waals surface area contributed by atoms with E-state index in [9.17, 15) is 10.2 Å². The fourth-order valence-electron chi connectivity index (χ4n) is 3.09. The fourth-order valence-corrected chi connectivity index (χ4v) is 3.09. The molecule has 0 aromatic heterocycles. The lowest BCUT2D eigenvalue weighted by Crippen LogP contribution is -2.27. The molecule has 3 nitrogen and oxygen atoms in total. The lowest BCUT2D eigenvalue weighted by molar-refractivity contribution is 0.00632. The predicted octanol–water partition coefficient (Wildman–Crippen LogP) is 3.72. The number of ether oxygens (including phenoxy) is 1. The second kappa shape index (κ2) is 8.40. The van der Waals surface area contributed by atoms with Crippen LogP contribution in [0.25, 0.3) is 0 Å². The van der Waals surface area contributed by atoms with Crippen LogP contribution in [0.2, 0.25) is 0 Å². The number of hydrogen-bond acceptors (Lipinski definition) is 3. The number of benzene rings is 1. The third kappa shape index (κ3) is 5.01. The summed E-state index contributed by atoms with van der Waals surface area (Å²) >= 11 is 0. The Morgan fingerprint density at radius 3 is 2.10 bits per heavy atom. The van der Waals surface area contributed by atoms with E-state index in [1.807, 2.05) is 13.8 Å². The summed E-state index contributed by atoms with van der Waals surface area (Å²) in [5.74, 6) is 1.11. The topological polar surface area (TPSA) is 49.7 Å². The Labute approximate surface area is 129 Å². The van der Waals surface area contributed by atoms with E-state index in [2.05, 4.69) is 32.9 Å². The van der Waals surface area contributed by atoms with Crippen LogP contribution < -0.4 is 4.74 Å². The van der Waals surface area contributed by atoms with Crippen LogP contribution in [-0.2, 0) is 0 Å². The molecule has 0 fully saturated rings. The predicted molar refractivity (Wildman–Crippen MR) is 87.0 cm³/mol. The largest absolute Gasteiger partial charge is 0.494 e. The maximum Gasteiger partial charge on any atom is 0.119 e. The lowest BCUT2D eigenvalue weighted by Gasteiger charge is -2.24. The summed E-state index contributed by atoms with van der Waals surface area (Å²) in [5.41, 5.74) is 3.62. The Bertz CT molecular complexity index is 419. The van der Waals surface area contributed by atoms with Crippen LogP contribution in [0, 0.1) is 13.8 Å². The van der Waals surface area contributed by atoms with Gasteiger partial charge in [0.15, 0.2) is 0 Å². The Hall–Kier alpha value is -1.06. The van der Waals surface area contributed by atoms with Crippen molar-refractivity contribution in [2.24, 2.45) is 0 Å². The smallest absolute Gasteiger partial charge is 0.119 e. The van der Waals surface area contributed by atoms with Crippen molar-refractivity contribution < 1.29 is 14.9 Å². The number of rotatable bonds is 8. The molecular weight excluding hydrogens is 264 g/mol. The molecule has 0 saturated heterocycles. The van der Waals surface area contributed by atoms with E-state index < -0.39 is 12.2 Å². The van der Waals surface area contributed by atoms with Gasteiger partial charge in [-0.15, -0.1) is 0 Å². The van der Waals surface area contributed by atoms with Crippen molar-refractivity contribution in [1.82, 2.24) is 0 Å². The molecule has 1 aromatic carbocycles. The Balaban J connectivity index is 2.85. The fraction of sp³-hybridized carbons (Fsp3) is 0.667. The van der Waals surface area contributed by atoms with Gasteiger partial charge in [0.05, 0.1) is 18.8 Å². The highest BCUT2D eigenvalue weighted by Crippen LogP contribution is 2.31. The third-order valence-corrected chi connectivity index (χ3v) is 3.99. The summed E-state index contributed by atoms with van der Waals surface area (Å²) in [6.45, 7) is 10.9. The van der Waals surface area contributed by atoms with Gasteiger partial charge in [0.25, 0.3) is 0 Å². The summed E-state index contributed by atoms with van der Waals surface area (Å²) in [6.07, 6.45) is 0.825. The highest BCUT2D eigenvalue weighted by Gasteiger charge is 2.21. The zero-order chi connectivity index (χ0) is 16.0. The molecule has 0 bridgehead atoms. The maximum atomic E-state index is 10.1. The van der Waals surface area contributed by atoms with Gasteiger partial charge in [0, 0.05) is 0 Å². The van der Waals surface area contributed by atoms with Gasteiger partial charge in [0.1, 0.15) is 5.75 Å². The molecular formula is C18H30O3. The van der Waals surface area contributed by atoms with E-state index in [1.54, 1.807) is 0 Å². The van der Waals surface area contributed by atoms with E-state index in [0.29, 0.717) is 19.4 Å². The Morgan fingerprint density at radius 2 is 1.62 bits per heavy atom. The van der Waals surface area contributed by atoms with E-state index in [-0.39, 0.29) is 5.92 Å². The molecule has 1 aromatic rings. The van der Waals surface area contributed by atoms with Gasteiger partial charge in [-0.2, -0.15) is 0 Å². The molecule has 0 aliphatic carbocycles. The van der Waals surface area contributed by atoms with Gasteiger partial charge in [-0.3, -0.25) is 0 Å². The van der Waals surface area contributed by atoms with Crippen LogP contribution in [0.4, 0.5) is 0 Å². The van der Waals surface area contributed by atoms with Gasteiger partial charge in [-0.1, -0.05) is 20.3 Å². The molecule has 0 amide bonds. The highest BCUT2D eigenvalue weighted by molar-refractivity contribution is 5.43. The molecule has 0 saturated carbocycles. The number of aliphatic hydroxyl groups excluding tert-OH is 2. The quantitative estimate of drug-likeness (QED) is 0.768. The van der Waals surface area contributed by atoms with Crippen LogP contribution in [0.3, 0.4) is 0 Å². The van der Waals surface area contributed by atoms with Crippen molar-refractivity contribution in [2.75, 3.05) is 6.61 Å². The van der Waals surface area contributed by atoms with E-state index in [4.69, 9.17) is 4.74 Å². The minimum absolute atomic E-state index is 0.210. The van der Waals surface area contributed by atoms with Crippen molar-refractivity contribution in [3.8, 4) is 5.75 Å². The first-order valence-corrected chi connectivity index (χ1v) is 8.00. The SMILES string of the molecule is CCCC(O)C(O)CC(C)c1c(C)cc(OCC)cc1C. The molecule has 1 rings (SSSR count). The maximum absolute atomic E-state index is 10.1. The minimum Gasteiger partial charge on any atom is -0.494 e. The second-order valence-electron chi connectivity index (χ2n) is 5.96. The first kappa shape index (κ1) is 18.0.